The fourth-order valence-electron chi connectivity index (χ4n) is 2.02. The maximum absolute atomic E-state index is 10.8. The van der Waals surface area contributed by atoms with Gasteiger partial charge in [0.2, 0.25) is 0 Å². The predicted octanol–water partition coefficient (Wildman–Crippen LogP) is 0.417. The summed E-state index contributed by atoms with van der Waals surface area (Å²) in [7, 11) is 0. The van der Waals surface area contributed by atoms with Gasteiger partial charge in [0, 0.05) is 19.7 Å². The zero-order chi connectivity index (χ0) is 13.0. The lowest BCUT2D eigenvalue weighted by atomic mass is 9.92. The molecule has 0 atom stereocenters. The zero-order valence-electron chi connectivity index (χ0n) is 10.1. The standard InChI is InChI=1S/C13H17NO4/c15-6-5-10-1-3-11(4-2-10)18-13(7-12(16)17)8-14-9-13/h1-4,14-15H,5-9H2,(H,16,17). The maximum Gasteiger partial charge on any atom is 0.307 e. The number of benzene rings is 1. The Hall–Kier alpha value is -1.59. The molecule has 3 N–H and O–H groups in total. The van der Waals surface area contributed by atoms with Crippen molar-refractivity contribution in [2.24, 2.45) is 0 Å². The number of aliphatic carboxylic acids is 1. The molecule has 5 heteroatoms. The van der Waals surface area contributed by atoms with Crippen LogP contribution >= 0.6 is 0 Å². The highest BCUT2D eigenvalue weighted by molar-refractivity contribution is 5.68. The van der Waals surface area contributed by atoms with E-state index < -0.39 is 11.6 Å². The normalized spacial score (nSPS) is 16.9. The fourth-order valence-corrected chi connectivity index (χ4v) is 2.02. The average Bonchev–Trinajstić information content (AvgIpc) is 2.28. The van der Waals surface area contributed by atoms with Crippen molar-refractivity contribution in [3.8, 4) is 5.75 Å². The molecule has 0 aromatic heterocycles. The first kappa shape index (κ1) is 12.9. The smallest absolute Gasteiger partial charge is 0.307 e. The van der Waals surface area contributed by atoms with Gasteiger partial charge in [0.25, 0.3) is 0 Å². The summed E-state index contributed by atoms with van der Waals surface area (Å²) >= 11 is 0. The molecule has 0 radical (unpaired) electrons. The molecule has 98 valence electrons. The van der Waals surface area contributed by atoms with E-state index in [1.165, 1.54) is 0 Å². The van der Waals surface area contributed by atoms with E-state index in [0.717, 1.165) is 5.56 Å². The summed E-state index contributed by atoms with van der Waals surface area (Å²) in [5.41, 5.74) is 0.411. The van der Waals surface area contributed by atoms with E-state index in [4.69, 9.17) is 14.9 Å². The van der Waals surface area contributed by atoms with E-state index in [9.17, 15) is 4.79 Å². The summed E-state index contributed by atoms with van der Waals surface area (Å²) in [5.74, 6) is -0.187. The van der Waals surface area contributed by atoms with Crippen LogP contribution < -0.4 is 10.1 Å². The molecule has 0 saturated carbocycles. The number of carbonyl (C=O) groups is 1. The third-order valence-electron chi connectivity index (χ3n) is 3.03. The highest BCUT2D eigenvalue weighted by atomic mass is 16.5. The molecule has 2 rings (SSSR count). The van der Waals surface area contributed by atoms with Crippen molar-refractivity contribution in [2.75, 3.05) is 19.7 Å². The Kier molecular flexibility index (Phi) is 3.84. The Balaban J connectivity index is 2.01. The third-order valence-corrected chi connectivity index (χ3v) is 3.03. The van der Waals surface area contributed by atoms with Crippen molar-refractivity contribution in [1.29, 1.82) is 0 Å². The summed E-state index contributed by atoms with van der Waals surface area (Å²) in [6.07, 6.45) is 0.612. The van der Waals surface area contributed by atoms with Gasteiger partial charge < -0.3 is 20.3 Å². The molecule has 1 fully saturated rings. The molecule has 0 aliphatic carbocycles. The Morgan fingerprint density at radius 3 is 2.44 bits per heavy atom. The van der Waals surface area contributed by atoms with E-state index >= 15 is 0 Å². The van der Waals surface area contributed by atoms with Gasteiger partial charge in [0.1, 0.15) is 11.4 Å². The van der Waals surface area contributed by atoms with Gasteiger partial charge in [0.15, 0.2) is 0 Å². The van der Waals surface area contributed by atoms with E-state index in [1.54, 1.807) is 0 Å². The van der Waals surface area contributed by atoms with Gasteiger partial charge in [-0.05, 0) is 24.1 Å². The molecule has 1 aromatic carbocycles. The molecule has 1 saturated heterocycles. The van der Waals surface area contributed by atoms with Crippen LogP contribution in [0.15, 0.2) is 24.3 Å². The van der Waals surface area contributed by atoms with Crippen LogP contribution in [0.3, 0.4) is 0 Å². The first-order valence-electron chi connectivity index (χ1n) is 5.95. The van der Waals surface area contributed by atoms with Gasteiger partial charge >= 0.3 is 5.97 Å². The molecular weight excluding hydrogens is 234 g/mol. The number of ether oxygens (including phenoxy) is 1. The molecule has 1 aliphatic heterocycles. The lowest BCUT2D eigenvalue weighted by Gasteiger charge is -2.41. The van der Waals surface area contributed by atoms with Crippen LogP contribution in [0.25, 0.3) is 0 Å². The van der Waals surface area contributed by atoms with Crippen LogP contribution in [0, 0.1) is 0 Å². The van der Waals surface area contributed by atoms with Crippen molar-refractivity contribution in [3.63, 3.8) is 0 Å². The molecule has 1 heterocycles. The lowest BCUT2D eigenvalue weighted by Crippen LogP contribution is -2.64. The Morgan fingerprint density at radius 1 is 1.33 bits per heavy atom. The van der Waals surface area contributed by atoms with Crippen molar-refractivity contribution >= 4 is 5.97 Å². The average molecular weight is 251 g/mol. The van der Waals surface area contributed by atoms with Crippen LogP contribution in [-0.4, -0.2) is 41.5 Å². The van der Waals surface area contributed by atoms with Crippen molar-refractivity contribution in [3.05, 3.63) is 29.8 Å². The molecule has 18 heavy (non-hydrogen) atoms. The third kappa shape index (κ3) is 3.00. The molecule has 1 aliphatic rings. The minimum absolute atomic E-state index is 0.00160. The van der Waals surface area contributed by atoms with E-state index in [2.05, 4.69) is 5.32 Å². The number of hydrogen-bond acceptors (Lipinski definition) is 4. The molecule has 1 aromatic rings. The Morgan fingerprint density at radius 2 is 2.00 bits per heavy atom. The van der Waals surface area contributed by atoms with Crippen LogP contribution in [0.5, 0.6) is 5.75 Å². The highest BCUT2D eigenvalue weighted by Gasteiger charge is 2.41. The lowest BCUT2D eigenvalue weighted by molar-refractivity contribution is -0.143. The number of rotatable bonds is 6. The minimum atomic E-state index is -0.853. The van der Waals surface area contributed by atoms with Gasteiger partial charge in [-0.1, -0.05) is 12.1 Å². The van der Waals surface area contributed by atoms with Gasteiger partial charge in [-0.2, -0.15) is 0 Å². The van der Waals surface area contributed by atoms with Crippen LogP contribution in [0.4, 0.5) is 0 Å². The molecule has 0 amide bonds. The van der Waals surface area contributed by atoms with Crippen molar-refractivity contribution < 1.29 is 19.7 Å². The van der Waals surface area contributed by atoms with Crippen LogP contribution in [-0.2, 0) is 11.2 Å². The summed E-state index contributed by atoms with van der Waals surface area (Å²) in [4.78, 5) is 10.8. The number of nitrogens with one attached hydrogen (secondary N) is 1. The molecule has 0 bridgehead atoms. The minimum Gasteiger partial charge on any atom is -0.484 e. The number of carboxylic acids is 1. The second-order valence-corrected chi connectivity index (χ2v) is 4.58. The van der Waals surface area contributed by atoms with E-state index in [-0.39, 0.29) is 13.0 Å². The second kappa shape index (κ2) is 5.37. The Bertz CT molecular complexity index is 412. The van der Waals surface area contributed by atoms with E-state index in [0.29, 0.717) is 25.3 Å². The molecule has 5 nitrogen and oxygen atoms in total. The fraction of sp³-hybridized carbons (Fsp3) is 0.462. The monoisotopic (exact) mass is 251 g/mol. The zero-order valence-corrected chi connectivity index (χ0v) is 10.1. The second-order valence-electron chi connectivity index (χ2n) is 4.58. The quantitative estimate of drug-likeness (QED) is 0.683. The first-order valence-corrected chi connectivity index (χ1v) is 5.95. The summed E-state index contributed by atoms with van der Waals surface area (Å²) < 4.78 is 5.78. The van der Waals surface area contributed by atoms with Gasteiger partial charge in [-0.25, -0.2) is 0 Å². The van der Waals surface area contributed by atoms with Gasteiger partial charge in [0.05, 0.1) is 6.42 Å². The van der Waals surface area contributed by atoms with Crippen molar-refractivity contribution in [2.45, 2.75) is 18.4 Å². The van der Waals surface area contributed by atoms with Crippen LogP contribution in [0.1, 0.15) is 12.0 Å². The SMILES string of the molecule is O=C(O)CC1(Oc2ccc(CCO)cc2)CNC1. The van der Waals surface area contributed by atoms with E-state index in [1.807, 2.05) is 24.3 Å². The largest absolute Gasteiger partial charge is 0.484 e. The van der Waals surface area contributed by atoms with Gasteiger partial charge in [-0.15, -0.1) is 0 Å². The van der Waals surface area contributed by atoms with Gasteiger partial charge in [-0.3, -0.25) is 4.79 Å². The number of aliphatic hydroxyl groups is 1. The number of carboxylic acid groups (broad SMARTS) is 1. The maximum atomic E-state index is 10.8. The summed E-state index contributed by atoms with van der Waals surface area (Å²) in [6.45, 7) is 1.22. The summed E-state index contributed by atoms with van der Waals surface area (Å²) in [6, 6.07) is 7.39. The molecule has 0 spiro atoms. The van der Waals surface area contributed by atoms with Crippen molar-refractivity contribution in [1.82, 2.24) is 5.32 Å². The first-order chi connectivity index (χ1) is 8.63. The molecule has 0 unspecified atom stereocenters. The molecular formula is C13H17NO4. The van der Waals surface area contributed by atoms with Crippen LogP contribution in [0.2, 0.25) is 0 Å². The topological polar surface area (TPSA) is 78.8 Å². The number of hydrogen-bond donors (Lipinski definition) is 3. The highest BCUT2D eigenvalue weighted by Crippen LogP contribution is 2.25. The number of aliphatic hydroxyl groups excluding tert-OH is 1. The summed E-state index contributed by atoms with van der Waals surface area (Å²) in [5, 5.41) is 20.7. The Labute approximate surface area is 105 Å². The predicted molar refractivity (Wildman–Crippen MR) is 65.7 cm³/mol.